The second kappa shape index (κ2) is 7.43. The topological polar surface area (TPSA) is 58.1 Å². The lowest BCUT2D eigenvalue weighted by Gasteiger charge is -2.31. The van der Waals surface area contributed by atoms with E-state index in [1.54, 1.807) is 6.92 Å². The lowest BCUT2D eigenvalue weighted by molar-refractivity contribution is -0.130. The first kappa shape index (κ1) is 16.4. The summed E-state index contributed by atoms with van der Waals surface area (Å²) in [5.41, 5.74) is 2.26. The van der Waals surface area contributed by atoms with E-state index in [0.717, 1.165) is 49.7 Å². The number of aromatic nitrogens is 2. The van der Waals surface area contributed by atoms with Gasteiger partial charge in [0.15, 0.2) is 0 Å². The quantitative estimate of drug-likeness (QED) is 0.937. The zero-order valence-corrected chi connectivity index (χ0v) is 14.3. The van der Waals surface area contributed by atoms with Crippen molar-refractivity contribution in [3.05, 3.63) is 47.8 Å². The maximum absolute atomic E-state index is 11.4. The summed E-state index contributed by atoms with van der Waals surface area (Å²) in [6.07, 6.45) is 5.02. The van der Waals surface area contributed by atoms with E-state index in [-0.39, 0.29) is 5.91 Å². The second-order valence-corrected chi connectivity index (χ2v) is 6.49. The van der Waals surface area contributed by atoms with Crippen LogP contribution in [0.4, 0.5) is 11.6 Å². The third kappa shape index (κ3) is 4.31. The summed E-state index contributed by atoms with van der Waals surface area (Å²) in [4.78, 5) is 22.2. The zero-order chi connectivity index (χ0) is 16.9. The van der Waals surface area contributed by atoms with Gasteiger partial charge in [-0.2, -0.15) is 0 Å². The molecule has 0 unspecified atom stereocenters. The zero-order valence-electron chi connectivity index (χ0n) is 14.3. The molecule has 3 heterocycles. The predicted molar refractivity (Wildman–Crippen MR) is 95.2 cm³/mol. The van der Waals surface area contributed by atoms with Crippen LogP contribution in [-0.2, 0) is 11.2 Å². The highest BCUT2D eigenvalue weighted by atomic mass is 16.2. The number of anilines is 2. The molecule has 1 amide bonds. The van der Waals surface area contributed by atoms with Crippen LogP contribution in [0, 0.1) is 12.8 Å². The molecule has 1 aliphatic heterocycles. The Balaban J connectivity index is 1.60. The summed E-state index contributed by atoms with van der Waals surface area (Å²) in [6, 6.07) is 10.1. The second-order valence-electron chi connectivity index (χ2n) is 6.49. The van der Waals surface area contributed by atoms with Crippen LogP contribution in [0.5, 0.6) is 0 Å². The van der Waals surface area contributed by atoms with Crippen LogP contribution in [0.2, 0.25) is 0 Å². The Hall–Kier alpha value is -2.43. The summed E-state index contributed by atoms with van der Waals surface area (Å²) in [7, 11) is 0. The maximum Gasteiger partial charge on any atom is 0.219 e. The number of piperidine rings is 1. The van der Waals surface area contributed by atoms with Gasteiger partial charge in [0.05, 0.1) is 0 Å². The van der Waals surface area contributed by atoms with E-state index in [2.05, 4.69) is 27.4 Å². The van der Waals surface area contributed by atoms with E-state index in [9.17, 15) is 4.79 Å². The summed E-state index contributed by atoms with van der Waals surface area (Å²) in [5.74, 6) is 2.46. The van der Waals surface area contributed by atoms with E-state index in [4.69, 9.17) is 0 Å². The molecule has 2 aromatic rings. The van der Waals surface area contributed by atoms with Gasteiger partial charge in [0, 0.05) is 31.9 Å². The number of nitrogens with zero attached hydrogens (tertiary/aromatic N) is 3. The molecular formula is C19H24N4O. The van der Waals surface area contributed by atoms with Gasteiger partial charge in [-0.05, 0) is 61.9 Å². The minimum Gasteiger partial charge on any atom is -0.343 e. The average Bonchev–Trinajstić information content (AvgIpc) is 2.56. The van der Waals surface area contributed by atoms with Crippen molar-refractivity contribution < 1.29 is 4.79 Å². The van der Waals surface area contributed by atoms with Crippen LogP contribution < -0.4 is 5.32 Å². The molecule has 5 nitrogen and oxygen atoms in total. The summed E-state index contributed by atoms with van der Waals surface area (Å²) in [5, 5.41) is 3.27. The van der Waals surface area contributed by atoms with Crippen LogP contribution in [0.25, 0.3) is 0 Å². The third-order valence-corrected chi connectivity index (χ3v) is 4.55. The van der Waals surface area contributed by atoms with Crippen LogP contribution in [0.15, 0.2) is 36.5 Å². The molecule has 3 rings (SSSR count). The molecule has 1 saturated heterocycles. The minimum atomic E-state index is 0.189. The van der Waals surface area contributed by atoms with Gasteiger partial charge in [-0.1, -0.05) is 6.07 Å². The SMILES string of the molecule is CC(=O)N1CCC(Cc2ccnc(Nc3cccc(C)n3)c2)CC1. The number of rotatable bonds is 4. The number of amides is 1. The van der Waals surface area contributed by atoms with Crippen molar-refractivity contribution in [3.8, 4) is 0 Å². The van der Waals surface area contributed by atoms with E-state index in [1.807, 2.05) is 36.2 Å². The highest BCUT2D eigenvalue weighted by molar-refractivity contribution is 5.73. The van der Waals surface area contributed by atoms with Gasteiger partial charge in [0.2, 0.25) is 5.91 Å². The summed E-state index contributed by atoms with van der Waals surface area (Å²) in [6.45, 7) is 5.38. The van der Waals surface area contributed by atoms with Gasteiger partial charge in [-0.15, -0.1) is 0 Å². The molecule has 0 bridgehead atoms. The highest BCUT2D eigenvalue weighted by Crippen LogP contribution is 2.23. The van der Waals surface area contributed by atoms with Gasteiger partial charge < -0.3 is 10.2 Å². The van der Waals surface area contributed by atoms with Crippen LogP contribution in [0.3, 0.4) is 0 Å². The van der Waals surface area contributed by atoms with E-state index < -0.39 is 0 Å². The lowest BCUT2D eigenvalue weighted by Crippen LogP contribution is -2.37. The Bertz CT molecular complexity index is 708. The number of carbonyl (C=O) groups is 1. The first-order chi connectivity index (χ1) is 11.6. The Labute approximate surface area is 143 Å². The smallest absolute Gasteiger partial charge is 0.219 e. The normalized spacial score (nSPS) is 15.3. The standard InChI is InChI=1S/C19H24N4O/c1-14-4-3-5-18(21-14)22-19-13-17(6-9-20-19)12-16-7-10-23(11-8-16)15(2)24/h3-6,9,13,16H,7-8,10-12H2,1-2H3,(H,20,21,22). The van der Waals surface area contributed by atoms with Gasteiger partial charge >= 0.3 is 0 Å². The van der Waals surface area contributed by atoms with Crippen LogP contribution >= 0.6 is 0 Å². The number of pyridine rings is 2. The maximum atomic E-state index is 11.4. The van der Waals surface area contributed by atoms with Gasteiger partial charge in [0.25, 0.3) is 0 Å². The lowest BCUT2D eigenvalue weighted by atomic mass is 9.90. The molecule has 0 spiro atoms. The van der Waals surface area contributed by atoms with Gasteiger partial charge in [-0.3, -0.25) is 4.79 Å². The molecule has 0 aliphatic carbocycles. The number of aryl methyl sites for hydroxylation is 1. The van der Waals surface area contributed by atoms with E-state index in [0.29, 0.717) is 5.92 Å². The fourth-order valence-electron chi connectivity index (χ4n) is 3.20. The van der Waals surface area contributed by atoms with Crippen LogP contribution in [-0.4, -0.2) is 33.9 Å². The van der Waals surface area contributed by atoms with Crippen molar-refractivity contribution in [2.24, 2.45) is 5.92 Å². The van der Waals surface area contributed by atoms with Crippen molar-refractivity contribution in [1.29, 1.82) is 0 Å². The number of hydrogen-bond acceptors (Lipinski definition) is 4. The Kier molecular flexibility index (Phi) is 5.08. The first-order valence-corrected chi connectivity index (χ1v) is 8.51. The Morgan fingerprint density at radius 3 is 2.75 bits per heavy atom. The van der Waals surface area contributed by atoms with E-state index >= 15 is 0 Å². The minimum absolute atomic E-state index is 0.189. The number of likely N-dealkylation sites (tertiary alicyclic amines) is 1. The molecule has 2 aromatic heterocycles. The summed E-state index contributed by atoms with van der Waals surface area (Å²) >= 11 is 0. The molecule has 1 N–H and O–H groups in total. The van der Waals surface area contributed by atoms with Crippen molar-refractivity contribution in [2.45, 2.75) is 33.1 Å². The molecule has 1 aliphatic rings. The molecule has 0 atom stereocenters. The molecule has 0 saturated carbocycles. The Morgan fingerprint density at radius 1 is 1.25 bits per heavy atom. The molecule has 0 radical (unpaired) electrons. The summed E-state index contributed by atoms with van der Waals surface area (Å²) < 4.78 is 0. The first-order valence-electron chi connectivity index (χ1n) is 8.51. The molecule has 24 heavy (non-hydrogen) atoms. The fraction of sp³-hybridized carbons (Fsp3) is 0.421. The van der Waals surface area contributed by atoms with Crippen LogP contribution in [0.1, 0.15) is 31.0 Å². The monoisotopic (exact) mass is 324 g/mol. The molecule has 126 valence electrons. The molecular weight excluding hydrogens is 300 g/mol. The van der Waals surface area contributed by atoms with E-state index in [1.165, 1.54) is 5.56 Å². The third-order valence-electron chi connectivity index (χ3n) is 4.55. The molecule has 5 heteroatoms. The fourth-order valence-corrected chi connectivity index (χ4v) is 3.20. The van der Waals surface area contributed by atoms with Gasteiger partial charge in [-0.25, -0.2) is 9.97 Å². The predicted octanol–water partition coefficient (Wildman–Crippen LogP) is 3.33. The van der Waals surface area contributed by atoms with Crippen molar-refractivity contribution in [1.82, 2.24) is 14.9 Å². The highest BCUT2D eigenvalue weighted by Gasteiger charge is 2.20. The Morgan fingerprint density at radius 2 is 2.04 bits per heavy atom. The van der Waals surface area contributed by atoms with Crippen molar-refractivity contribution >= 4 is 17.5 Å². The molecule has 0 aromatic carbocycles. The molecule has 1 fully saturated rings. The average molecular weight is 324 g/mol. The van der Waals surface area contributed by atoms with Gasteiger partial charge in [0.1, 0.15) is 11.6 Å². The number of carbonyl (C=O) groups excluding carboxylic acids is 1. The largest absolute Gasteiger partial charge is 0.343 e. The number of hydrogen-bond donors (Lipinski definition) is 1. The van der Waals surface area contributed by atoms with Crippen molar-refractivity contribution in [2.75, 3.05) is 18.4 Å². The van der Waals surface area contributed by atoms with Crippen molar-refractivity contribution in [3.63, 3.8) is 0 Å². The number of nitrogens with one attached hydrogen (secondary N) is 1.